The highest BCUT2D eigenvalue weighted by Gasteiger charge is 2.32. The van der Waals surface area contributed by atoms with Crippen LogP contribution < -0.4 is 15.0 Å². The van der Waals surface area contributed by atoms with Crippen LogP contribution in [0.15, 0.2) is 194 Å². The number of hydrogen-bond acceptors (Lipinski definition) is 3. The summed E-state index contributed by atoms with van der Waals surface area (Å²) < 4.78 is 5.28. The molecular weight excluding hydrogens is 933 g/mol. The molecule has 8 aromatic carbocycles. The van der Waals surface area contributed by atoms with Crippen LogP contribution in [0, 0.1) is 0 Å². The van der Waals surface area contributed by atoms with Gasteiger partial charge >= 0.3 is 0 Å². The fourth-order valence-corrected chi connectivity index (χ4v) is 13.7. The van der Waals surface area contributed by atoms with Crippen molar-refractivity contribution in [3.8, 4) is 0 Å². The zero-order chi connectivity index (χ0) is 51.6. The SMILES string of the molecule is C=C/C=C\C(=C/SC(C)C)N(c1ccccc1)c1ccc2c3cc4c(cc3n3c5c(C(C)(C)C)cccc5c1c23)c1ccc(N(c2ccccc2)c2cccc([Si](C)(C)C)c2)c2c3cccc(C(C)(C)C)c3n4c12. The van der Waals surface area contributed by atoms with Crippen molar-refractivity contribution in [2.45, 2.75) is 91.1 Å². The van der Waals surface area contributed by atoms with Gasteiger partial charge in [0.15, 0.2) is 0 Å². The van der Waals surface area contributed by atoms with Crippen LogP contribution in [-0.4, -0.2) is 22.1 Å². The van der Waals surface area contributed by atoms with Gasteiger partial charge in [0, 0.05) is 65.4 Å². The Balaban J connectivity index is 1.23. The second kappa shape index (κ2) is 17.4. The second-order valence-corrected chi connectivity index (χ2v) is 30.2. The molecule has 4 heterocycles. The zero-order valence-corrected chi connectivity index (χ0v) is 46.6. The first kappa shape index (κ1) is 47.7. The summed E-state index contributed by atoms with van der Waals surface area (Å²) >= 11 is 1.84. The van der Waals surface area contributed by atoms with Crippen molar-refractivity contribution < 1.29 is 0 Å². The summed E-state index contributed by atoms with van der Waals surface area (Å²) in [4.78, 5) is 4.97. The minimum absolute atomic E-state index is 0.118. The third-order valence-corrected chi connectivity index (χ3v) is 18.2. The molecule has 0 saturated heterocycles. The summed E-state index contributed by atoms with van der Waals surface area (Å²) in [6, 6.07) is 59.9. The first-order valence-electron chi connectivity index (χ1n) is 26.3. The van der Waals surface area contributed by atoms with Crippen LogP contribution in [0.5, 0.6) is 0 Å². The predicted octanol–water partition coefficient (Wildman–Crippen LogP) is 19.5. The summed E-state index contributed by atoms with van der Waals surface area (Å²) in [6.45, 7) is 30.1. The summed E-state index contributed by atoms with van der Waals surface area (Å²) in [6.07, 6.45) is 6.14. The highest BCUT2D eigenvalue weighted by molar-refractivity contribution is 8.02. The minimum atomic E-state index is -1.64. The monoisotopic (exact) mass is 998 g/mol. The molecule has 6 heteroatoms. The number of rotatable bonds is 11. The van der Waals surface area contributed by atoms with Crippen molar-refractivity contribution >= 4 is 130 Å². The van der Waals surface area contributed by atoms with Crippen LogP contribution in [0.25, 0.3) is 76.2 Å². The Morgan fingerprint density at radius 1 is 0.527 bits per heavy atom. The number of nitrogens with zero attached hydrogens (tertiary/aromatic N) is 4. The van der Waals surface area contributed by atoms with Crippen molar-refractivity contribution in [3.63, 3.8) is 0 Å². The Kier molecular flexibility index (Phi) is 11.2. The van der Waals surface area contributed by atoms with Crippen molar-refractivity contribution in [1.82, 2.24) is 8.80 Å². The molecule has 0 aliphatic rings. The Hall–Kier alpha value is -7.25. The standard InChI is InChI=1S/C68H66N4SSi/c1-13-14-24-47(42-73-43(2)3)70(45-27-19-16-20-28-45)58-38-36-50-54-41-59-53(40-60(54)72-64-52(62(58)66(50)72)32-23-34-56(64)68(7,8)9)49-35-37-57(61-51-31-22-33-55(67(4,5)6)63(51)71(59)65(49)61)69(44-25-17-15-18-26-44)46-29-21-30-48(39-46)74(10,11)12/h13-43H,1H2,2-12H3/b24-14-,47-42+. The van der Waals surface area contributed by atoms with Crippen LogP contribution in [0.2, 0.25) is 19.6 Å². The number of allylic oxidation sites excluding steroid dienone is 3. The van der Waals surface area contributed by atoms with Gasteiger partial charge in [-0.25, -0.2) is 0 Å². The van der Waals surface area contributed by atoms with Gasteiger partial charge in [0.05, 0.1) is 58.2 Å². The highest BCUT2D eigenvalue weighted by atomic mass is 32.2. The van der Waals surface area contributed by atoms with Crippen molar-refractivity contribution in [3.05, 3.63) is 205 Å². The quantitative estimate of drug-likeness (QED) is 0.0948. The van der Waals surface area contributed by atoms with E-state index in [0.717, 1.165) is 22.8 Å². The fraction of sp³-hybridized carbons (Fsp3) is 0.206. The number of hydrogen-bond donors (Lipinski definition) is 0. The molecule has 0 atom stereocenters. The molecule has 0 spiro atoms. The lowest BCUT2D eigenvalue weighted by atomic mass is 9.85. The number of para-hydroxylation sites is 4. The lowest BCUT2D eigenvalue weighted by Gasteiger charge is -2.28. The van der Waals surface area contributed by atoms with Gasteiger partial charge in [-0.15, -0.1) is 11.8 Å². The van der Waals surface area contributed by atoms with Gasteiger partial charge in [-0.2, -0.15) is 0 Å². The lowest BCUT2D eigenvalue weighted by Crippen LogP contribution is -2.37. The van der Waals surface area contributed by atoms with Crippen molar-refractivity contribution in [2.24, 2.45) is 0 Å². The molecule has 0 unspecified atom stereocenters. The third kappa shape index (κ3) is 7.46. The van der Waals surface area contributed by atoms with Crippen molar-refractivity contribution in [2.75, 3.05) is 9.80 Å². The van der Waals surface area contributed by atoms with Gasteiger partial charge < -0.3 is 18.6 Å². The average Bonchev–Trinajstić information content (AvgIpc) is 4.16. The molecule has 74 heavy (non-hydrogen) atoms. The van der Waals surface area contributed by atoms with E-state index >= 15 is 0 Å². The van der Waals surface area contributed by atoms with Gasteiger partial charge in [-0.3, -0.25) is 0 Å². The Labute approximate surface area is 441 Å². The minimum Gasteiger partial charge on any atom is -0.310 e. The molecule has 4 aromatic heterocycles. The van der Waals surface area contributed by atoms with Gasteiger partial charge in [0.25, 0.3) is 0 Å². The first-order valence-corrected chi connectivity index (χ1v) is 30.8. The van der Waals surface area contributed by atoms with Gasteiger partial charge in [0.2, 0.25) is 0 Å². The maximum atomic E-state index is 4.09. The molecule has 0 bridgehead atoms. The Morgan fingerprint density at radius 2 is 1.03 bits per heavy atom. The molecule has 0 saturated carbocycles. The normalized spacial score (nSPS) is 13.3. The smallest absolute Gasteiger partial charge is 0.0776 e. The van der Waals surface area contributed by atoms with Crippen LogP contribution >= 0.6 is 11.8 Å². The average molecular weight is 999 g/mol. The lowest BCUT2D eigenvalue weighted by molar-refractivity contribution is 0.594. The molecule has 0 aliphatic heterocycles. The fourth-order valence-electron chi connectivity index (χ4n) is 11.9. The number of thioether (sulfide) groups is 1. The van der Waals surface area contributed by atoms with Gasteiger partial charge in [-0.05, 0) is 94.1 Å². The summed E-state index contributed by atoms with van der Waals surface area (Å²) in [5.74, 6) is 0. The molecule has 0 amide bonds. The molecule has 0 fully saturated rings. The van der Waals surface area contributed by atoms with E-state index < -0.39 is 8.07 Å². The van der Waals surface area contributed by atoms with Crippen LogP contribution in [0.4, 0.5) is 28.4 Å². The summed E-state index contributed by atoms with van der Waals surface area (Å²) in [5, 5.41) is 14.3. The molecule has 12 rings (SSSR count). The van der Waals surface area contributed by atoms with Crippen LogP contribution in [0.1, 0.15) is 66.5 Å². The molecule has 0 radical (unpaired) electrons. The van der Waals surface area contributed by atoms with E-state index in [0.29, 0.717) is 5.25 Å². The largest absolute Gasteiger partial charge is 0.310 e. The predicted molar refractivity (Wildman–Crippen MR) is 330 cm³/mol. The van der Waals surface area contributed by atoms with Crippen LogP contribution in [-0.2, 0) is 10.8 Å². The maximum absolute atomic E-state index is 4.09. The van der Waals surface area contributed by atoms with E-state index in [9.17, 15) is 0 Å². The number of aromatic nitrogens is 2. The van der Waals surface area contributed by atoms with E-state index in [1.54, 1.807) is 0 Å². The number of benzene rings is 8. The second-order valence-electron chi connectivity index (χ2n) is 23.6. The first-order chi connectivity index (χ1) is 35.5. The molecule has 12 aromatic rings. The Morgan fingerprint density at radius 3 is 1.54 bits per heavy atom. The van der Waals surface area contributed by atoms with E-state index in [4.69, 9.17) is 0 Å². The Bertz CT molecular complexity index is 4210. The summed E-state index contributed by atoms with van der Waals surface area (Å²) in [7, 11) is -1.64. The highest BCUT2D eigenvalue weighted by Crippen LogP contribution is 2.52. The molecule has 0 N–H and O–H groups in total. The molecule has 0 aliphatic carbocycles. The topological polar surface area (TPSA) is 15.3 Å². The van der Waals surface area contributed by atoms with E-state index in [1.165, 1.54) is 104 Å². The van der Waals surface area contributed by atoms with E-state index in [-0.39, 0.29) is 10.8 Å². The number of anilines is 5. The maximum Gasteiger partial charge on any atom is 0.0776 e. The van der Waals surface area contributed by atoms with Crippen LogP contribution in [0.3, 0.4) is 0 Å². The van der Waals surface area contributed by atoms with E-state index in [1.807, 2.05) is 17.8 Å². The number of fused-ring (bicyclic) bond motifs is 12. The van der Waals surface area contributed by atoms with Gasteiger partial charge in [-0.1, -0.05) is 196 Å². The van der Waals surface area contributed by atoms with E-state index in [2.05, 4.69) is 275 Å². The van der Waals surface area contributed by atoms with Gasteiger partial charge in [0.1, 0.15) is 0 Å². The zero-order valence-electron chi connectivity index (χ0n) is 44.8. The molecule has 368 valence electrons. The molecule has 4 nitrogen and oxygen atoms in total. The summed E-state index contributed by atoms with van der Waals surface area (Å²) in [5.41, 5.74) is 16.9. The molecular formula is C68H66N4SSi. The third-order valence-electron chi connectivity index (χ3n) is 15.2. The van der Waals surface area contributed by atoms with Crippen molar-refractivity contribution in [1.29, 1.82) is 0 Å².